The zero-order valence-corrected chi connectivity index (χ0v) is 18.7. The summed E-state index contributed by atoms with van der Waals surface area (Å²) in [6, 6.07) is 18.5. The lowest BCUT2D eigenvalue weighted by molar-refractivity contribution is -0.120. The molecule has 0 saturated carbocycles. The van der Waals surface area contributed by atoms with E-state index in [-0.39, 0.29) is 17.9 Å². The molecule has 0 spiro atoms. The minimum Gasteiger partial charge on any atom is -0.325 e. The van der Waals surface area contributed by atoms with Crippen LogP contribution in [0.25, 0.3) is 0 Å². The number of hydrogen-bond donors (Lipinski definition) is 1. The van der Waals surface area contributed by atoms with Gasteiger partial charge in [0, 0.05) is 15.8 Å². The normalized spacial score (nSPS) is 16.7. The topological polar surface area (TPSA) is 66.5 Å². The fraction of sp³-hybridized carbons (Fsp3) is 0.136. The lowest BCUT2D eigenvalue weighted by atomic mass is 9.95. The van der Waals surface area contributed by atoms with E-state index in [1.54, 1.807) is 12.1 Å². The van der Waals surface area contributed by atoms with Crippen molar-refractivity contribution in [3.8, 4) is 0 Å². The highest BCUT2D eigenvalue weighted by atomic mass is 127. The van der Waals surface area contributed by atoms with Crippen LogP contribution in [0, 0.1) is 9.39 Å². The summed E-state index contributed by atoms with van der Waals surface area (Å²) < 4.78 is 42.2. The third-order valence-corrected chi connectivity index (χ3v) is 7.63. The highest BCUT2D eigenvalue weighted by Crippen LogP contribution is 2.30. The monoisotopic (exact) mass is 536 g/mol. The van der Waals surface area contributed by atoms with E-state index >= 15 is 0 Å². The van der Waals surface area contributed by atoms with Gasteiger partial charge in [-0.25, -0.2) is 12.8 Å². The molecule has 30 heavy (non-hydrogen) atoms. The second-order valence-electron chi connectivity index (χ2n) is 6.99. The molecular formula is C22H18FIN2O3S. The summed E-state index contributed by atoms with van der Waals surface area (Å²) in [7, 11) is -4.01. The van der Waals surface area contributed by atoms with Crippen molar-refractivity contribution in [3.63, 3.8) is 0 Å². The van der Waals surface area contributed by atoms with Gasteiger partial charge in [-0.15, -0.1) is 0 Å². The van der Waals surface area contributed by atoms with Gasteiger partial charge in [0.05, 0.1) is 4.90 Å². The summed E-state index contributed by atoms with van der Waals surface area (Å²) in [4.78, 5) is 13.1. The van der Waals surface area contributed by atoms with Crippen LogP contribution in [-0.4, -0.2) is 24.7 Å². The summed E-state index contributed by atoms with van der Waals surface area (Å²) in [5.74, 6) is -0.928. The molecule has 4 rings (SSSR count). The van der Waals surface area contributed by atoms with E-state index in [1.165, 1.54) is 16.4 Å². The molecule has 1 aliphatic heterocycles. The van der Waals surface area contributed by atoms with Crippen molar-refractivity contribution >= 4 is 44.2 Å². The van der Waals surface area contributed by atoms with Crippen LogP contribution >= 0.6 is 22.6 Å². The predicted molar refractivity (Wildman–Crippen MR) is 121 cm³/mol. The minimum atomic E-state index is -4.01. The van der Waals surface area contributed by atoms with Crippen LogP contribution in [-0.2, 0) is 27.8 Å². The Kier molecular flexibility index (Phi) is 5.90. The first kappa shape index (κ1) is 21.0. The van der Waals surface area contributed by atoms with E-state index in [9.17, 15) is 17.6 Å². The summed E-state index contributed by atoms with van der Waals surface area (Å²) in [6.45, 7) is 0.0701. The third-order valence-electron chi connectivity index (χ3n) is 5.04. The van der Waals surface area contributed by atoms with E-state index in [2.05, 4.69) is 27.9 Å². The number of amides is 1. The second-order valence-corrected chi connectivity index (χ2v) is 10.1. The number of fused-ring (bicyclic) bond motifs is 1. The Labute approximate surface area is 188 Å². The molecule has 0 saturated heterocycles. The largest absolute Gasteiger partial charge is 0.325 e. The van der Waals surface area contributed by atoms with Crippen LogP contribution < -0.4 is 5.32 Å². The molecule has 0 radical (unpaired) electrons. The Balaban J connectivity index is 1.70. The molecule has 154 valence electrons. The molecule has 1 unspecified atom stereocenters. The molecule has 8 heteroatoms. The maximum Gasteiger partial charge on any atom is 0.244 e. The van der Waals surface area contributed by atoms with Gasteiger partial charge in [0.1, 0.15) is 11.9 Å². The molecular weight excluding hydrogens is 518 g/mol. The summed E-state index contributed by atoms with van der Waals surface area (Å²) in [5, 5.41) is 2.82. The molecule has 3 aromatic carbocycles. The van der Waals surface area contributed by atoms with Crippen molar-refractivity contribution in [2.45, 2.75) is 23.9 Å². The molecule has 1 heterocycles. The van der Waals surface area contributed by atoms with Gasteiger partial charge in [0.2, 0.25) is 15.9 Å². The zero-order chi connectivity index (χ0) is 21.3. The Bertz CT molecular complexity index is 1180. The molecule has 1 atom stereocenters. The predicted octanol–water partition coefficient (Wildman–Crippen LogP) is 4.18. The fourth-order valence-corrected chi connectivity index (χ4v) is 5.40. The van der Waals surface area contributed by atoms with E-state index in [0.29, 0.717) is 5.69 Å². The van der Waals surface area contributed by atoms with Gasteiger partial charge in [0.25, 0.3) is 0 Å². The van der Waals surface area contributed by atoms with Crippen LogP contribution in [0.4, 0.5) is 10.1 Å². The number of benzene rings is 3. The van der Waals surface area contributed by atoms with Crippen molar-refractivity contribution in [1.29, 1.82) is 0 Å². The summed E-state index contributed by atoms with van der Waals surface area (Å²) >= 11 is 2.17. The van der Waals surface area contributed by atoms with Crippen molar-refractivity contribution < 1.29 is 17.6 Å². The van der Waals surface area contributed by atoms with E-state index < -0.39 is 27.8 Å². The number of carbonyl (C=O) groups excluding carboxylic acids is 1. The summed E-state index contributed by atoms with van der Waals surface area (Å²) in [5.41, 5.74) is 2.38. The number of halogens is 2. The van der Waals surface area contributed by atoms with Crippen LogP contribution in [0.15, 0.2) is 77.7 Å². The number of sulfonamides is 1. The molecule has 0 bridgehead atoms. The molecule has 0 aromatic heterocycles. The maximum atomic E-state index is 13.3. The molecule has 1 N–H and O–H groups in total. The maximum absolute atomic E-state index is 13.3. The lowest BCUT2D eigenvalue weighted by Crippen LogP contribution is -2.50. The Morgan fingerprint density at radius 3 is 2.27 bits per heavy atom. The van der Waals surface area contributed by atoms with Gasteiger partial charge in [-0.1, -0.05) is 24.3 Å². The standard InChI is InChI=1S/C22H18FIN2O3S/c23-17-5-11-20(12-6-17)30(28,29)26-14-16-4-2-1-3-15(16)13-21(26)22(27)25-19-9-7-18(24)8-10-19/h1-12,21H,13-14H2,(H,25,27). The van der Waals surface area contributed by atoms with Crippen LogP contribution in [0.5, 0.6) is 0 Å². The van der Waals surface area contributed by atoms with Gasteiger partial charge in [0.15, 0.2) is 0 Å². The summed E-state index contributed by atoms with van der Waals surface area (Å²) in [6.07, 6.45) is 0.257. The Morgan fingerprint density at radius 1 is 0.967 bits per heavy atom. The van der Waals surface area contributed by atoms with Crippen molar-refractivity contribution in [2.24, 2.45) is 0 Å². The second kappa shape index (κ2) is 8.44. The van der Waals surface area contributed by atoms with Crippen LogP contribution in [0.1, 0.15) is 11.1 Å². The third kappa shape index (κ3) is 4.26. The average molecular weight is 536 g/mol. The number of nitrogens with one attached hydrogen (secondary N) is 1. The van der Waals surface area contributed by atoms with E-state index in [4.69, 9.17) is 0 Å². The van der Waals surface area contributed by atoms with Crippen molar-refractivity contribution in [2.75, 3.05) is 5.32 Å². The fourth-order valence-electron chi connectivity index (χ4n) is 3.48. The molecule has 1 aliphatic rings. The average Bonchev–Trinajstić information content (AvgIpc) is 2.74. The van der Waals surface area contributed by atoms with Gasteiger partial charge in [-0.2, -0.15) is 4.31 Å². The first-order valence-corrected chi connectivity index (χ1v) is 11.8. The number of carbonyl (C=O) groups is 1. The van der Waals surface area contributed by atoms with Gasteiger partial charge in [-0.05, 0) is 88.7 Å². The van der Waals surface area contributed by atoms with Crippen LogP contribution in [0.2, 0.25) is 0 Å². The number of anilines is 1. The van der Waals surface area contributed by atoms with Crippen molar-refractivity contribution in [3.05, 3.63) is 93.3 Å². The van der Waals surface area contributed by atoms with E-state index in [1.807, 2.05) is 36.4 Å². The lowest BCUT2D eigenvalue weighted by Gasteiger charge is -2.35. The number of nitrogens with zero attached hydrogens (tertiary/aromatic N) is 1. The van der Waals surface area contributed by atoms with Crippen molar-refractivity contribution in [1.82, 2.24) is 4.31 Å². The highest BCUT2D eigenvalue weighted by Gasteiger charge is 2.39. The first-order valence-electron chi connectivity index (χ1n) is 9.25. The van der Waals surface area contributed by atoms with Gasteiger partial charge >= 0.3 is 0 Å². The molecule has 5 nitrogen and oxygen atoms in total. The van der Waals surface area contributed by atoms with Crippen LogP contribution in [0.3, 0.4) is 0 Å². The Morgan fingerprint density at radius 2 is 1.60 bits per heavy atom. The molecule has 1 amide bonds. The smallest absolute Gasteiger partial charge is 0.244 e. The van der Waals surface area contributed by atoms with E-state index in [0.717, 1.165) is 26.8 Å². The minimum absolute atomic E-state index is 0.0460. The van der Waals surface area contributed by atoms with Gasteiger partial charge in [-0.3, -0.25) is 4.79 Å². The highest BCUT2D eigenvalue weighted by molar-refractivity contribution is 14.1. The molecule has 3 aromatic rings. The first-order chi connectivity index (χ1) is 14.3. The zero-order valence-electron chi connectivity index (χ0n) is 15.8. The quantitative estimate of drug-likeness (QED) is 0.509. The molecule has 0 fully saturated rings. The molecule has 0 aliphatic carbocycles. The number of rotatable bonds is 4. The SMILES string of the molecule is O=C(Nc1ccc(I)cc1)C1Cc2ccccc2CN1S(=O)(=O)c1ccc(F)cc1. The van der Waals surface area contributed by atoms with Gasteiger partial charge < -0.3 is 5.32 Å². The number of hydrogen-bond acceptors (Lipinski definition) is 3. The Hall–Kier alpha value is -2.30.